The van der Waals surface area contributed by atoms with Crippen LogP contribution in [0.25, 0.3) is 0 Å². The summed E-state index contributed by atoms with van der Waals surface area (Å²) in [7, 11) is 0. The molecule has 4 nitrogen and oxygen atoms in total. The maximum absolute atomic E-state index is 13.4. The van der Waals surface area contributed by atoms with Gasteiger partial charge in [-0.05, 0) is 48.2 Å². The molecule has 0 spiro atoms. The highest BCUT2D eigenvalue weighted by Crippen LogP contribution is 2.50. The Kier molecular flexibility index (Phi) is 4.64. The van der Waals surface area contributed by atoms with Gasteiger partial charge in [0.05, 0.1) is 5.57 Å². The van der Waals surface area contributed by atoms with E-state index in [4.69, 9.17) is 0 Å². The zero-order chi connectivity index (χ0) is 20.3. The molecule has 0 saturated carbocycles. The van der Waals surface area contributed by atoms with E-state index < -0.39 is 11.5 Å². The topological polar surface area (TPSA) is 57.6 Å². The second-order valence-corrected chi connectivity index (χ2v) is 9.91. The standard InChI is InChI=1S/C22H19Br2NO3/c1-21(2)11-17-19(18(26)12-21)20(27)22(28,13-3-5-14(23)6-4-13)25(17)16-9-7-15(24)8-10-16/h3-10,28H,11-12H2,1-2H3. The van der Waals surface area contributed by atoms with Crippen LogP contribution in [0.5, 0.6) is 0 Å². The Morgan fingerprint density at radius 3 is 2.00 bits per heavy atom. The summed E-state index contributed by atoms with van der Waals surface area (Å²) in [4.78, 5) is 27.9. The van der Waals surface area contributed by atoms with E-state index in [1.165, 1.54) is 0 Å². The van der Waals surface area contributed by atoms with Crippen molar-refractivity contribution in [1.29, 1.82) is 0 Å². The van der Waals surface area contributed by atoms with Crippen molar-refractivity contribution >= 4 is 49.1 Å². The minimum atomic E-state index is -1.95. The Labute approximate surface area is 180 Å². The van der Waals surface area contributed by atoms with Gasteiger partial charge in [0.15, 0.2) is 5.78 Å². The Morgan fingerprint density at radius 2 is 1.43 bits per heavy atom. The molecule has 0 fully saturated rings. The van der Waals surface area contributed by atoms with Crippen LogP contribution in [0.2, 0.25) is 0 Å². The van der Waals surface area contributed by atoms with E-state index in [1.54, 1.807) is 29.2 Å². The van der Waals surface area contributed by atoms with Crippen molar-refractivity contribution in [3.8, 4) is 0 Å². The third-order valence-corrected chi connectivity index (χ3v) is 6.38. The molecule has 0 amide bonds. The first kappa shape index (κ1) is 19.6. The van der Waals surface area contributed by atoms with Crippen molar-refractivity contribution < 1.29 is 14.7 Å². The molecule has 0 aromatic heterocycles. The van der Waals surface area contributed by atoms with E-state index in [9.17, 15) is 14.7 Å². The second-order valence-electron chi connectivity index (χ2n) is 8.08. The van der Waals surface area contributed by atoms with Gasteiger partial charge in [-0.3, -0.25) is 9.59 Å². The number of hydrogen-bond acceptors (Lipinski definition) is 4. The summed E-state index contributed by atoms with van der Waals surface area (Å²) < 4.78 is 1.73. The van der Waals surface area contributed by atoms with Crippen molar-refractivity contribution in [1.82, 2.24) is 0 Å². The fourth-order valence-corrected chi connectivity index (χ4v) is 4.61. The van der Waals surface area contributed by atoms with Gasteiger partial charge in [0, 0.05) is 32.3 Å². The van der Waals surface area contributed by atoms with Crippen LogP contribution in [-0.4, -0.2) is 16.7 Å². The third-order valence-electron chi connectivity index (χ3n) is 5.32. The van der Waals surface area contributed by atoms with Gasteiger partial charge >= 0.3 is 0 Å². The molecule has 1 unspecified atom stereocenters. The van der Waals surface area contributed by atoms with Crippen LogP contribution in [-0.2, 0) is 15.3 Å². The van der Waals surface area contributed by atoms with Gasteiger partial charge in [-0.25, -0.2) is 0 Å². The molecule has 1 aliphatic carbocycles. The zero-order valence-electron chi connectivity index (χ0n) is 15.5. The SMILES string of the molecule is CC1(C)CC(=O)C2=C(C1)N(c1ccc(Br)cc1)C(O)(c1ccc(Br)cc1)C2=O. The molecule has 1 atom stereocenters. The highest BCUT2D eigenvalue weighted by molar-refractivity contribution is 9.10. The lowest BCUT2D eigenvalue weighted by molar-refractivity contribution is -0.133. The van der Waals surface area contributed by atoms with Gasteiger partial charge < -0.3 is 10.0 Å². The van der Waals surface area contributed by atoms with Crippen LogP contribution >= 0.6 is 31.9 Å². The number of benzene rings is 2. The molecular formula is C22H19Br2NO3. The van der Waals surface area contributed by atoms with E-state index in [-0.39, 0.29) is 16.8 Å². The summed E-state index contributed by atoms with van der Waals surface area (Å²) in [6.07, 6.45) is 0.830. The molecule has 6 heteroatoms. The number of Topliss-reactive ketones (excluding diaryl/α,β-unsaturated/α-hetero) is 2. The number of halogens is 2. The van der Waals surface area contributed by atoms with Crippen molar-refractivity contribution in [2.45, 2.75) is 32.4 Å². The van der Waals surface area contributed by atoms with Gasteiger partial charge in [-0.2, -0.15) is 0 Å². The number of carbonyl (C=O) groups excluding carboxylic acids is 2. The molecule has 2 aliphatic rings. The first-order chi connectivity index (χ1) is 13.1. The average Bonchev–Trinajstić information content (AvgIpc) is 2.84. The van der Waals surface area contributed by atoms with Crippen LogP contribution in [0.1, 0.15) is 32.3 Å². The number of hydrogen-bond donors (Lipinski definition) is 1. The molecule has 28 heavy (non-hydrogen) atoms. The number of allylic oxidation sites excluding steroid dienone is 1. The largest absolute Gasteiger partial charge is 0.360 e. The molecule has 2 aromatic carbocycles. The number of nitrogens with zero attached hydrogens (tertiary/aromatic N) is 1. The van der Waals surface area contributed by atoms with E-state index in [1.807, 2.05) is 38.1 Å². The van der Waals surface area contributed by atoms with Crippen LogP contribution < -0.4 is 4.90 Å². The number of anilines is 1. The Balaban J connectivity index is 1.96. The minimum absolute atomic E-state index is 0.132. The summed E-state index contributed by atoms with van der Waals surface area (Å²) >= 11 is 6.81. The van der Waals surface area contributed by atoms with Gasteiger partial charge in [-0.15, -0.1) is 0 Å². The lowest BCUT2D eigenvalue weighted by Gasteiger charge is -2.38. The van der Waals surface area contributed by atoms with Gasteiger partial charge in [0.2, 0.25) is 11.5 Å². The lowest BCUT2D eigenvalue weighted by Crippen LogP contribution is -2.47. The molecule has 1 N–H and O–H groups in total. The predicted molar refractivity (Wildman–Crippen MR) is 115 cm³/mol. The lowest BCUT2D eigenvalue weighted by atomic mass is 9.75. The monoisotopic (exact) mass is 503 g/mol. The molecule has 0 radical (unpaired) electrons. The van der Waals surface area contributed by atoms with E-state index >= 15 is 0 Å². The summed E-state index contributed by atoms with van der Waals surface area (Å²) in [5, 5.41) is 11.8. The third kappa shape index (κ3) is 2.98. The fourth-order valence-electron chi connectivity index (χ4n) is 4.08. The Morgan fingerprint density at radius 1 is 0.893 bits per heavy atom. The van der Waals surface area contributed by atoms with Crippen molar-refractivity contribution in [3.63, 3.8) is 0 Å². The number of ketones is 2. The Hall–Kier alpha value is -1.76. The fraction of sp³-hybridized carbons (Fsp3) is 0.273. The van der Waals surface area contributed by atoms with Crippen molar-refractivity contribution in [2.24, 2.45) is 5.41 Å². The highest BCUT2D eigenvalue weighted by atomic mass is 79.9. The molecule has 0 saturated heterocycles. The zero-order valence-corrected chi connectivity index (χ0v) is 18.7. The van der Waals surface area contributed by atoms with Crippen LogP contribution in [0.3, 0.4) is 0 Å². The van der Waals surface area contributed by atoms with E-state index in [2.05, 4.69) is 31.9 Å². The van der Waals surface area contributed by atoms with Gasteiger partial charge in [0.25, 0.3) is 0 Å². The number of aliphatic hydroxyl groups is 1. The molecule has 2 aromatic rings. The molecule has 4 rings (SSSR count). The maximum Gasteiger partial charge on any atom is 0.234 e. The first-order valence-electron chi connectivity index (χ1n) is 8.99. The summed E-state index contributed by atoms with van der Waals surface area (Å²) in [6.45, 7) is 4.02. The molecule has 1 aliphatic heterocycles. The summed E-state index contributed by atoms with van der Waals surface area (Å²) in [5.74, 6) is -0.750. The van der Waals surface area contributed by atoms with Crippen LogP contribution in [0.4, 0.5) is 5.69 Å². The van der Waals surface area contributed by atoms with Crippen molar-refractivity contribution in [3.05, 3.63) is 74.3 Å². The molecular weight excluding hydrogens is 486 g/mol. The van der Waals surface area contributed by atoms with Crippen LogP contribution in [0.15, 0.2) is 68.7 Å². The predicted octanol–water partition coefficient (Wildman–Crippen LogP) is 5.09. The smallest absolute Gasteiger partial charge is 0.234 e. The Bertz CT molecular complexity index is 1010. The average molecular weight is 505 g/mol. The molecule has 0 bridgehead atoms. The maximum atomic E-state index is 13.4. The quantitative estimate of drug-likeness (QED) is 0.579. The van der Waals surface area contributed by atoms with Crippen molar-refractivity contribution in [2.75, 3.05) is 4.90 Å². The summed E-state index contributed by atoms with van der Waals surface area (Å²) in [5.41, 5.74) is -0.405. The van der Waals surface area contributed by atoms with Crippen LogP contribution in [0, 0.1) is 5.41 Å². The highest BCUT2D eigenvalue weighted by Gasteiger charge is 2.57. The number of rotatable bonds is 2. The minimum Gasteiger partial charge on any atom is -0.360 e. The number of carbonyl (C=O) groups is 2. The second kappa shape index (κ2) is 6.65. The first-order valence-corrected chi connectivity index (χ1v) is 10.6. The van der Waals surface area contributed by atoms with E-state index in [0.717, 1.165) is 8.95 Å². The van der Waals surface area contributed by atoms with Gasteiger partial charge in [-0.1, -0.05) is 57.8 Å². The van der Waals surface area contributed by atoms with Gasteiger partial charge in [0.1, 0.15) is 0 Å². The summed E-state index contributed by atoms with van der Waals surface area (Å²) in [6, 6.07) is 14.4. The molecule has 1 heterocycles. The molecule has 144 valence electrons. The van der Waals surface area contributed by atoms with E-state index in [0.29, 0.717) is 29.8 Å². The normalized spacial score (nSPS) is 24.0.